The maximum Gasteiger partial charge on any atom is 0.306 e. The van der Waals surface area contributed by atoms with E-state index in [4.69, 9.17) is 5.11 Å². The number of hydrogen-bond acceptors (Lipinski definition) is 3. The SMILES string of the molecule is CC(C)CCCNCC1(O)CCC(C(=O)O)CC1. The van der Waals surface area contributed by atoms with Crippen molar-refractivity contribution in [3.05, 3.63) is 0 Å². The number of carbonyl (C=O) groups is 1. The van der Waals surface area contributed by atoms with Gasteiger partial charge in [-0.3, -0.25) is 4.79 Å². The average Bonchev–Trinajstić information content (AvgIpc) is 2.28. The zero-order valence-corrected chi connectivity index (χ0v) is 11.6. The highest BCUT2D eigenvalue weighted by Gasteiger charge is 2.35. The van der Waals surface area contributed by atoms with Crippen molar-refractivity contribution in [3.63, 3.8) is 0 Å². The monoisotopic (exact) mass is 257 g/mol. The molecule has 0 aromatic heterocycles. The minimum absolute atomic E-state index is 0.258. The summed E-state index contributed by atoms with van der Waals surface area (Å²) in [6, 6.07) is 0. The van der Waals surface area contributed by atoms with Gasteiger partial charge in [0, 0.05) is 6.54 Å². The maximum absolute atomic E-state index is 10.8. The van der Waals surface area contributed by atoms with Crippen molar-refractivity contribution in [2.24, 2.45) is 11.8 Å². The highest BCUT2D eigenvalue weighted by Crippen LogP contribution is 2.31. The number of nitrogens with one attached hydrogen (secondary N) is 1. The molecule has 0 unspecified atom stereocenters. The maximum atomic E-state index is 10.8. The molecular formula is C14H27NO3. The van der Waals surface area contributed by atoms with Gasteiger partial charge in [-0.2, -0.15) is 0 Å². The smallest absolute Gasteiger partial charge is 0.306 e. The Bertz CT molecular complexity index is 258. The van der Waals surface area contributed by atoms with Gasteiger partial charge >= 0.3 is 5.97 Å². The lowest BCUT2D eigenvalue weighted by atomic mass is 9.79. The first-order chi connectivity index (χ1) is 8.43. The average molecular weight is 257 g/mol. The number of hydrogen-bond donors (Lipinski definition) is 3. The number of rotatable bonds is 7. The van der Waals surface area contributed by atoms with Crippen LogP contribution in [-0.2, 0) is 4.79 Å². The van der Waals surface area contributed by atoms with Gasteiger partial charge in [0.25, 0.3) is 0 Å². The summed E-state index contributed by atoms with van der Waals surface area (Å²) >= 11 is 0. The first-order valence-electron chi connectivity index (χ1n) is 7.09. The highest BCUT2D eigenvalue weighted by molar-refractivity contribution is 5.70. The predicted octanol–water partition coefficient (Wildman–Crippen LogP) is 2.02. The summed E-state index contributed by atoms with van der Waals surface area (Å²) in [6.45, 7) is 5.95. The Kier molecular flexibility index (Phi) is 6.09. The van der Waals surface area contributed by atoms with Crippen molar-refractivity contribution in [1.82, 2.24) is 5.32 Å². The van der Waals surface area contributed by atoms with Crippen LogP contribution in [-0.4, -0.2) is 34.9 Å². The summed E-state index contributed by atoms with van der Waals surface area (Å²) in [5, 5.41) is 22.5. The molecule has 1 aliphatic rings. The molecule has 0 aromatic carbocycles. The van der Waals surface area contributed by atoms with E-state index in [9.17, 15) is 9.90 Å². The van der Waals surface area contributed by atoms with Gasteiger partial charge in [-0.05, 0) is 51.0 Å². The Morgan fingerprint density at radius 3 is 2.50 bits per heavy atom. The van der Waals surface area contributed by atoms with Crippen LogP contribution >= 0.6 is 0 Å². The van der Waals surface area contributed by atoms with E-state index in [0.29, 0.717) is 32.2 Å². The summed E-state index contributed by atoms with van der Waals surface area (Å²) in [5.74, 6) is -0.256. The molecule has 0 aromatic rings. The topological polar surface area (TPSA) is 69.6 Å². The van der Waals surface area contributed by atoms with Crippen LogP contribution < -0.4 is 5.32 Å². The van der Waals surface area contributed by atoms with E-state index in [-0.39, 0.29) is 5.92 Å². The summed E-state index contributed by atoms with van der Waals surface area (Å²) in [7, 11) is 0. The summed E-state index contributed by atoms with van der Waals surface area (Å²) in [5.41, 5.74) is -0.691. The first-order valence-corrected chi connectivity index (χ1v) is 7.09. The van der Waals surface area contributed by atoms with E-state index in [1.165, 1.54) is 6.42 Å². The van der Waals surface area contributed by atoms with Gasteiger partial charge in [-0.25, -0.2) is 0 Å². The van der Waals surface area contributed by atoms with Crippen LogP contribution in [0.3, 0.4) is 0 Å². The normalized spacial score (nSPS) is 28.6. The molecule has 0 amide bonds. The summed E-state index contributed by atoms with van der Waals surface area (Å²) < 4.78 is 0. The molecule has 0 radical (unpaired) electrons. The van der Waals surface area contributed by atoms with Gasteiger partial charge in [0.05, 0.1) is 11.5 Å². The molecule has 0 aliphatic heterocycles. The minimum Gasteiger partial charge on any atom is -0.481 e. The van der Waals surface area contributed by atoms with E-state index in [1.807, 2.05) is 0 Å². The van der Waals surface area contributed by atoms with Gasteiger partial charge < -0.3 is 15.5 Å². The second-order valence-electron chi connectivity index (χ2n) is 6.05. The van der Waals surface area contributed by atoms with Crippen LogP contribution in [0.4, 0.5) is 0 Å². The molecule has 18 heavy (non-hydrogen) atoms. The lowest BCUT2D eigenvalue weighted by molar-refractivity contribution is -0.144. The Morgan fingerprint density at radius 1 is 1.39 bits per heavy atom. The van der Waals surface area contributed by atoms with E-state index in [2.05, 4.69) is 19.2 Å². The lowest BCUT2D eigenvalue weighted by Gasteiger charge is -2.34. The molecule has 0 bridgehead atoms. The largest absolute Gasteiger partial charge is 0.481 e. The Morgan fingerprint density at radius 2 is 2.00 bits per heavy atom. The van der Waals surface area contributed by atoms with E-state index < -0.39 is 11.6 Å². The van der Waals surface area contributed by atoms with Crippen LogP contribution in [0, 0.1) is 11.8 Å². The third-order valence-corrected chi connectivity index (χ3v) is 3.85. The summed E-state index contributed by atoms with van der Waals surface area (Å²) in [6.07, 6.45) is 4.72. The zero-order valence-electron chi connectivity index (χ0n) is 11.6. The van der Waals surface area contributed by atoms with Crippen molar-refractivity contribution in [2.75, 3.05) is 13.1 Å². The molecule has 0 heterocycles. The number of carboxylic acids is 1. The van der Waals surface area contributed by atoms with E-state index >= 15 is 0 Å². The molecule has 0 saturated heterocycles. The van der Waals surface area contributed by atoms with Crippen molar-refractivity contribution >= 4 is 5.97 Å². The molecular weight excluding hydrogens is 230 g/mol. The number of aliphatic hydroxyl groups is 1. The molecule has 1 fully saturated rings. The molecule has 0 spiro atoms. The van der Waals surface area contributed by atoms with Gasteiger partial charge in [-0.1, -0.05) is 13.8 Å². The third-order valence-electron chi connectivity index (χ3n) is 3.85. The van der Waals surface area contributed by atoms with E-state index in [1.54, 1.807) is 0 Å². The van der Waals surface area contributed by atoms with Gasteiger partial charge in [-0.15, -0.1) is 0 Å². The van der Waals surface area contributed by atoms with Crippen LogP contribution in [0.2, 0.25) is 0 Å². The molecule has 4 heteroatoms. The zero-order chi connectivity index (χ0) is 13.6. The van der Waals surface area contributed by atoms with Crippen LogP contribution in [0.15, 0.2) is 0 Å². The number of carboxylic acid groups (broad SMARTS) is 1. The molecule has 3 N–H and O–H groups in total. The first kappa shape index (κ1) is 15.4. The Hall–Kier alpha value is -0.610. The molecule has 1 aliphatic carbocycles. The highest BCUT2D eigenvalue weighted by atomic mass is 16.4. The van der Waals surface area contributed by atoms with Crippen molar-refractivity contribution in [2.45, 2.75) is 58.0 Å². The van der Waals surface area contributed by atoms with Gasteiger partial charge in [0.2, 0.25) is 0 Å². The third kappa shape index (κ3) is 5.36. The van der Waals surface area contributed by atoms with Crippen molar-refractivity contribution < 1.29 is 15.0 Å². The molecule has 0 atom stereocenters. The molecule has 4 nitrogen and oxygen atoms in total. The van der Waals surface area contributed by atoms with Gasteiger partial charge in [0.15, 0.2) is 0 Å². The summed E-state index contributed by atoms with van der Waals surface area (Å²) in [4.78, 5) is 10.8. The van der Waals surface area contributed by atoms with Crippen molar-refractivity contribution in [1.29, 1.82) is 0 Å². The predicted molar refractivity (Wildman–Crippen MR) is 71.5 cm³/mol. The van der Waals surface area contributed by atoms with E-state index in [0.717, 1.165) is 18.9 Å². The Balaban J connectivity index is 2.16. The minimum atomic E-state index is -0.720. The fourth-order valence-electron chi connectivity index (χ4n) is 2.54. The number of aliphatic carboxylic acids is 1. The molecule has 106 valence electrons. The second kappa shape index (κ2) is 7.10. The van der Waals surface area contributed by atoms with Crippen LogP contribution in [0.1, 0.15) is 52.4 Å². The van der Waals surface area contributed by atoms with Crippen LogP contribution in [0.5, 0.6) is 0 Å². The lowest BCUT2D eigenvalue weighted by Crippen LogP contribution is -2.44. The quantitative estimate of drug-likeness (QED) is 0.610. The fourth-order valence-corrected chi connectivity index (χ4v) is 2.54. The van der Waals surface area contributed by atoms with Gasteiger partial charge in [0.1, 0.15) is 0 Å². The van der Waals surface area contributed by atoms with Crippen LogP contribution in [0.25, 0.3) is 0 Å². The molecule has 1 rings (SSSR count). The standard InChI is InChI=1S/C14H27NO3/c1-11(2)4-3-9-15-10-14(18)7-5-12(6-8-14)13(16)17/h11-12,15,18H,3-10H2,1-2H3,(H,16,17). The van der Waals surface area contributed by atoms with Crippen molar-refractivity contribution in [3.8, 4) is 0 Å². The second-order valence-corrected chi connectivity index (χ2v) is 6.05. The fraction of sp³-hybridized carbons (Fsp3) is 0.929. The molecule has 1 saturated carbocycles. The Labute approximate surface area is 110 Å².